The van der Waals surface area contributed by atoms with Crippen molar-refractivity contribution in [3.63, 3.8) is 0 Å². The van der Waals surface area contributed by atoms with Crippen LogP contribution in [0.2, 0.25) is 0 Å². The highest BCUT2D eigenvalue weighted by molar-refractivity contribution is 5.29. The second-order valence-corrected chi connectivity index (χ2v) is 3.78. The Hall–Kier alpha value is -0.920. The minimum Gasteiger partial charge on any atom is -0.202 e. The predicted molar refractivity (Wildman–Crippen MR) is 48.0 cm³/mol. The molecule has 1 aliphatic rings. The minimum atomic E-state index is -2.71. The van der Waals surface area contributed by atoms with Crippen molar-refractivity contribution >= 4 is 0 Å². The highest BCUT2D eigenvalue weighted by Gasteiger charge is 2.26. The maximum absolute atomic E-state index is 12.8. The summed E-state index contributed by atoms with van der Waals surface area (Å²) in [4.78, 5) is 0. The van der Waals surface area contributed by atoms with Crippen molar-refractivity contribution in [3.8, 4) is 0 Å². The van der Waals surface area contributed by atoms with Gasteiger partial charge in [0.1, 0.15) is 0 Å². The second kappa shape index (κ2) is 2.79. The van der Waals surface area contributed by atoms with E-state index in [1.54, 1.807) is 0 Å². The molecule has 1 aromatic rings. The summed E-state index contributed by atoms with van der Waals surface area (Å²) in [6.07, 6.45) is 2.42. The molecule has 70 valence electrons. The maximum atomic E-state index is 12.8. The summed E-state index contributed by atoms with van der Waals surface area (Å²) in [5.74, 6) is -2.07. The summed E-state index contributed by atoms with van der Waals surface area (Å²) in [7, 11) is 0. The Morgan fingerprint density at radius 1 is 1.15 bits per heavy atom. The first-order chi connectivity index (χ1) is 6.07. The van der Waals surface area contributed by atoms with Gasteiger partial charge in [0.15, 0.2) is 0 Å². The summed E-state index contributed by atoms with van der Waals surface area (Å²) in [5.41, 5.74) is 1.31. The summed E-state index contributed by atoms with van der Waals surface area (Å²) >= 11 is 0. The Kier molecular flexibility index (Phi) is 1.86. The quantitative estimate of drug-likeness (QED) is 0.654. The number of benzene rings is 1. The van der Waals surface area contributed by atoms with E-state index in [1.165, 1.54) is 30.5 Å². The monoisotopic (exact) mass is 182 g/mol. The van der Waals surface area contributed by atoms with E-state index < -0.39 is 5.92 Å². The molecule has 0 bridgehead atoms. The molecule has 0 aromatic heterocycles. The van der Waals surface area contributed by atoms with E-state index in [1.807, 2.05) is 12.1 Å². The fourth-order valence-electron chi connectivity index (χ4n) is 1.46. The lowest BCUT2D eigenvalue weighted by molar-refractivity contribution is 0.0174. The molecular formula is C11H12F2. The Morgan fingerprint density at radius 3 is 2.08 bits per heavy atom. The van der Waals surface area contributed by atoms with Crippen LogP contribution in [-0.2, 0) is 5.92 Å². The zero-order chi connectivity index (χ0) is 9.47. The van der Waals surface area contributed by atoms with Gasteiger partial charge in [-0.1, -0.05) is 24.3 Å². The van der Waals surface area contributed by atoms with Crippen LogP contribution in [0, 0.1) is 0 Å². The van der Waals surface area contributed by atoms with Gasteiger partial charge in [-0.25, -0.2) is 8.78 Å². The van der Waals surface area contributed by atoms with E-state index in [4.69, 9.17) is 0 Å². The third-order valence-corrected chi connectivity index (χ3v) is 2.47. The molecule has 13 heavy (non-hydrogen) atoms. The smallest absolute Gasteiger partial charge is 0.202 e. The normalized spacial score (nSPS) is 17.5. The largest absolute Gasteiger partial charge is 0.270 e. The van der Waals surface area contributed by atoms with Crippen LogP contribution in [0.1, 0.15) is 36.8 Å². The van der Waals surface area contributed by atoms with E-state index in [-0.39, 0.29) is 5.56 Å². The van der Waals surface area contributed by atoms with Crippen LogP contribution < -0.4 is 0 Å². The molecule has 1 aliphatic carbocycles. The lowest BCUT2D eigenvalue weighted by Gasteiger charge is -2.10. The molecule has 0 N–H and O–H groups in total. The molecule has 0 spiro atoms. The fourth-order valence-corrected chi connectivity index (χ4v) is 1.46. The third-order valence-electron chi connectivity index (χ3n) is 2.47. The van der Waals surface area contributed by atoms with Crippen LogP contribution in [0.15, 0.2) is 24.3 Å². The standard InChI is InChI=1S/C11H12F2/c1-11(12,13)10-6-4-9(5-7-10)8-2-3-8/h4-8H,2-3H2,1H3. The first-order valence-corrected chi connectivity index (χ1v) is 4.55. The number of hydrogen-bond donors (Lipinski definition) is 0. The van der Waals surface area contributed by atoms with Gasteiger partial charge in [0, 0.05) is 12.5 Å². The van der Waals surface area contributed by atoms with Crippen molar-refractivity contribution in [2.75, 3.05) is 0 Å². The lowest BCUT2D eigenvalue weighted by Crippen LogP contribution is -2.06. The van der Waals surface area contributed by atoms with Gasteiger partial charge in [-0.3, -0.25) is 0 Å². The van der Waals surface area contributed by atoms with E-state index in [9.17, 15) is 8.78 Å². The minimum absolute atomic E-state index is 0.108. The molecule has 0 amide bonds. The van der Waals surface area contributed by atoms with Crippen LogP contribution in [0.3, 0.4) is 0 Å². The zero-order valence-electron chi connectivity index (χ0n) is 7.56. The van der Waals surface area contributed by atoms with Gasteiger partial charge < -0.3 is 0 Å². The highest BCUT2D eigenvalue weighted by atomic mass is 19.3. The third kappa shape index (κ3) is 1.87. The van der Waals surface area contributed by atoms with Crippen molar-refractivity contribution in [2.24, 2.45) is 0 Å². The second-order valence-electron chi connectivity index (χ2n) is 3.78. The fraction of sp³-hybridized carbons (Fsp3) is 0.455. The maximum Gasteiger partial charge on any atom is 0.270 e. The molecule has 0 unspecified atom stereocenters. The van der Waals surface area contributed by atoms with E-state index in [0.29, 0.717) is 5.92 Å². The first kappa shape index (κ1) is 8.67. The van der Waals surface area contributed by atoms with E-state index in [2.05, 4.69) is 0 Å². The van der Waals surface area contributed by atoms with Gasteiger partial charge in [-0.15, -0.1) is 0 Å². The average Bonchev–Trinajstić information content (AvgIpc) is 2.85. The summed E-state index contributed by atoms with van der Waals surface area (Å²) in [5, 5.41) is 0. The molecule has 2 heteroatoms. The van der Waals surface area contributed by atoms with Crippen LogP contribution in [0.4, 0.5) is 8.78 Å². The number of hydrogen-bond acceptors (Lipinski definition) is 0. The van der Waals surface area contributed by atoms with Crippen LogP contribution >= 0.6 is 0 Å². The number of rotatable bonds is 2. The summed E-state index contributed by atoms with van der Waals surface area (Å²) in [6.45, 7) is 0.930. The van der Waals surface area contributed by atoms with Crippen molar-refractivity contribution in [2.45, 2.75) is 31.6 Å². The van der Waals surface area contributed by atoms with E-state index >= 15 is 0 Å². The van der Waals surface area contributed by atoms with Gasteiger partial charge in [0.25, 0.3) is 5.92 Å². The van der Waals surface area contributed by atoms with Crippen LogP contribution in [0.25, 0.3) is 0 Å². The van der Waals surface area contributed by atoms with Crippen molar-refractivity contribution < 1.29 is 8.78 Å². The topological polar surface area (TPSA) is 0 Å². The molecule has 2 rings (SSSR count). The average molecular weight is 182 g/mol. The lowest BCUT2D eigenvalue weighted by atomic mass is 10.1. The zero-order valence-corrected chi connectivity index (χ0v) is 7.56. The SMILES string of the molecule is CC(F)(F)c1ccc(C2CC2)cc1. The molecule has 0 nitrogen and oxygen atoms in total. The highest BCUT2D eigenvalue weighted by Crippen LogP contribution is 2.40. The first-order valence-electron chi connectivity index (χ1n) is 4.55. The van der Waals surface area contributed by atoms with Crippen LogP contribution in [-0.4, -0.2) is 0 Å². The van der Waals surface area contributed by atoms with Gasteiger partial charge in [-0.05, 0) is 24.3 Å². The van der Waals surface area contributed by atoms with Crippen molar-refractivity contribution in [1.29, 1.82) is 0 Å². The molecule has 0 saturated heterocycles. The molecule has 1 saturated carbocycles. The Labute approximate surface area is 76.6 Å². The Balaban J connectivity index is 2.22. The molecule has 0 atom stereocenters. The summed E-state index contributed by atoms with van der Waals surface area (Å²) < 4.78 is 25.6. The molecule has 1 fully saturated rings. The number of alkyl halides is 2. The Morgan fingerprint density at radius 2 is 1.69 bits per heavy atom. The predicted octanol–water partition coefficient (Wildman–Crippen LogP) is 3.68. The molecule has 0 aliphatic heterocycles. The van der Waals surface area contributed by atoms with Crippen molar-refractivity contribution in [3.05, 3.63) is 35.4 Å². The van der Waals surface area contributed by atoms with Gasteiger partial charge in [0.05, 0.1) is 0 Å². The van der Waals surface area contributed by atoms with Gasteiger partial charge in [0.2, 0.25) is 0 Å². The van der Waals surface area contributed by atoms with Crippen molar-refractivity contribution in [1.82, 2.24) is 0 Å². The van der Waals surface area contributed by atoms with Crippen LogP contribution in [0.5, 0.6) is 0 Å². The molecule has 0 heterocycles. The summed E-state index contributed by atoms with van der Waals surface area (Å²) in [6, 6.07) is 6.72. The Bertz CT molecular complexity index is 291. The molecular weight excluding hydrogens is 170 g/mol. The van der Waals surface area contributed by atoms with Gasteiger partial charge in [-0.2, -0.15) is 0 Å². The van der Waals surface area contributed by atoms with E-state index in [0.717, 1.165) is 6.92 Å². The number of halogens is 2. The molecule has 1 aromatic carbocycles. The molecule has 0 radical (unpaired) electrons. The van der Waals surface area contributed by atoms with Gasteiger partial charge >= 0.3 is 0 Å².